The summed E-state index contributed by atoms with van der Waals surface area (Å²) in [7, 11) is 0. The zero-order valence-corrected chi connectivity index (χ0v) is 14.9. The molecule has 6 nitrogen and oxygen atoms in total. The van der Waals surface area contributed by atoms with E-state index in [0.717, 1.165) is 17.0 Å². The quantitative estimate of drug-likeness (QED) is 0.728. The van der Waals surface area contributed by atoms with Crippen LogP contribution < -0.4 is 15.4 Å². The lowest BCUT2D eigenvalue weighted by molar-refractivity contribution is 0.0932. The van der Waals surface area contributed by atoms with Crippen molar-refractivity contribution >= 4 is 17.4 Å². The molecule has 1 aliphatic rings. The number of nitrogens with zero attached hydrogens (tertiary/aromatic N) is 2. The first-order chi connectivity index (χ1) is 13.2. The summed E-state index contributed by atoms with van der Waals surface area (Å²) in [6.07, 6.45) is 4.86. The smallest absolute Gasteiger partial charge is 0.251 e. The SMILES string of the molecule is C[C@H](NC(=O)c1cccc(Nc2cnccn2)c1)[C@H]1COc2ccccc21. The maximum atomic E-state index is 12.7. The number of ether oxygens (including phenoxy) is 1. The average molecular weight is 360 g/mol. The number of anilines is 2. The highest BCUT2D eigenvalue weighted by Crippen LogP contribution is 2.35. The minimum Gasteiger partial charge on any atom is -0.493 e. The largest absolute Gasteiger partial charge is 0.493 e. The molecule has 136 valence electrons. The Kier molecular flexibility index (Phi) is 4.70. The molecule has 2 heterocycles. The van der Waals surface area contributed by atoms with Crippen LogP contribution >= 0.6 is 0 Å². The van der Waals surface area contributed by atoms with E-state index in [1.807, 2.05) is 37.3 Å². The van der Waals surface area contributed by atoms with Crippen molar-refractivity contribution in [1.29, 1.82) is 0 Å². The number of amides is 1. The van der Waals surface area contributed by atoms with Crippen molar-refractivity contribution in [3.05, 3.63) is 78.2 Å². The minimum atomic E-state index is -0.116. The second-order valence-corrected chi connectivity index (χ2v) is 6.51. The second-order valence-electron chi connectivity index (χ2n) is 6.51. The van der Waals surface area contributed by atoms with Crippen LogP contribution in [0.2, 0.25) is 0 Å². The van der Waals surface area contributed by atoms with E-state index < -0.39 is 0 Å². The number of aromatic nitrogens is 2. The molecule has 1 amide bonds. The molecule has 0 spiro atoms. The van der Waals surface area contributed by atoms with E-state index in [2.05, 4.69) is 26.7 Å². The van der Waals surface area contributed by atoms with Crippen molar-refractivity contribution in [3.63, 3.8) is 0 Å². The molecule has 0 fully saturated rings. The summed E-state index contributed by atoms with van der Waals surface area (Å²) in [4.78, 5) is 20.9. The molecule has 0 radical (unpaired) electrons. The molecule has 1 aromatic heterocycles. The Balaban J connectivity index is 1.45. The Hall–Kier alpha value is -3.41. The van der Waals surface area contributed by atoms with E-state index in [0.29, 0.717) is 18.0 Å². The number of hydrogen-bond acceptors (Lipinski definition) is 5. The third-order valence-electron chi connectivity index (χ3n) is 4.66. The lowest BCUT2D eigenvalue weighted by Crippen LogP contribution is -2.37. The highest BCUT2D eigenvalue weighted by atomic mass is 16.5. The third kappa shape index (κ3) is 3.74. The van der Waals surface area contributed by atoms with Gasteiger partial charge >= 0.3 is 0 Å². The molecule has 2 aromatic carbocycles. The van der Waals surface area contributed by atoms with Crippen molar-refractivity contribution in [3.8, 4) is 5.75 Å². The molecule has 6 heteroatoms. The molecule has 0 bridgehead atoms. The third-order valence-corrected chi connectivity index (χ3v) is 4.66. The van der Waals surface area contributed by atoms with Crippen molar-refractivity contribution in [2.45, 2.75) is 18.9 Å². The number of rotatable bonds is 5. The van der Waals surface area contributed by atoms with Crippen LogP contribution in [0.15, 0.2) is 67.1 Å². The van der Waals surface area contributed by atoms with Gasteiger partial charge in [0.05, 0.1) is 12.8 Å². The normalized spacial score (nSPS) is 16.1. The molecule has 0 saturated heterocycles. The van der Waals surface area contributed by atoms with Crippen molar-refractivity contribution < 1.29 is 9.53 Å². The van der Waals surface area contributed by atoms with Crippen LogP contribution in [0, 0.1) is 0 Å². The fourth-order valence-corrected chi connectivity index (χ4v) is 3.24. The van der Waals surface area contributed by atoms with Gasteiger partial charge in [-0.15, -0.1) is 0 Å². The van der Waals surface area contributed by atoms with Crippen LogP contribution in [-0.4, -0.2) is 28.5 Å². The zero-order valence-electron chi connectivity index (χ0n) is 14.9. The maximum Gasteiger partial charge on any atom is 0.251 e. The zero-order chi connectivity index (χ0) is 18.6. The molecule has 1 aliphatic heterocycles. The number of carbonyl (C=O) groups excluding carboxylic acids is 1. The van der Waals surface area contributed by atoms with Gasteiger partial charge in [0.25, 0.3) is 5.91 Å². The Labute approximate surface area is 157 Å². The first kappa shape index (κ1) is 17.0. The lowest BCUT2D eigenvalue weighted by atomic mass is 9.94. The van der Waals surface area contributed by atoms with Crippen LogP contribution in [0.5, 0.6) is 5.75 Å². The predicted octanol–water partition coefficient (Wildman–Crippen LogP) is 3.51. The van der Waals surface area contributed by atoms with E-state index in [1.165, 1.54) is 0 Å². The molecule has 3 aromatic rings. The first-order valence-electron chi connectivity index (χ1n) is 8.86. The van der Waals surface area contributed by atoms with Gasteiger partial charge in [-0.3, -0.25) is 9.78 Å². The van der Waals surface area contributed by atoms with Gasteiger partial charge in [-0.05, 0) is 31.2 Å². The number of benzene rings is 2. The summed E-state index contributed by atoms with van der Waals surface area (Å²) in [5.41, 5.74) is 2.51. The molecule has 4 rings (SSSR count). The Bertz CT molecular complexity index is 946. The highest BCUT2D eigenvalue weighted by Gasteiger charge is 2.29. The fourth-order valence-electron chi connectivity index (χ4n) is 3.24. The van der Waals surface area contributed by atoms with Gasteiger partial charge in [0.1, 0.15) is 11.6 Å². The van der Waals surface area contributed by atoms with Crippen LogP contribution in [-0.2, 0) is 0 Å². The standard InChI is InChI=1S/C21H20N4O2/c1-14(18-13-27-19-8-3-2-7-17(18)19)24-21(26)15-5-4-6-16(11-15)25-20-12-22-9-10-23-20/h2-12,14,18H,13H2,1H3,(H,23,25)(H,24,26)/t14-,18+/m0/s1. The fraction of sp³-hybridized carbons (Fsp3) is 0.190. The molecular formula is C21H20N4O2. The van der Waals surface area contributed by atoms with Gasteiger partial charge < -0.3 is 15.4 Å². The molecule has 0 saturated carbocycles. The van der Waals surface area contributed by atoms with Crippen LogP contribution in [0.25, 0.3) is 0 Å². The number of hydrogen-bond donors (Lipinski definition) is 2. The predicted molar refractivity (Wildman–Crippen MR) is 103 cm³/mol. The van der Waals surface area contributed by atoms with E-state index in [9.17, 15) is 4.79 Å². The molecule has 2 atom stereocenters. The Morgan fingerprint density at radius 1 is 1.19 bits per heavy atom. The van der Waals surface area contributed by atoms with Crippen molar-refractivity contribution in [1.82, 2.24) is 15.3 Å². The van der Waals surface area contributed by atoms with E-state index in [1.54, 1.807) is 30.7 Å². The van der Waals surface area contributed by atoms with Crippen LogP contribution in [0.1, 0.15) is 28.8 Å². The van der Waals surface area contributed by atoms with Crippen LogP contribution in [0.3, 0.4) is 0 Å². The van der Waals surface area contributed by atoms with E-state index >= 15 is 0 Å². The van der Waals surface area contributed by atoms with Crippen LogP contribution in [0.4, 0.5) is 11.5 Å². The number of carbonyl (C=O) groups is 1. The van der Waals surface area contributed by atoms with Gasteiger partial charge in [0, 0.05) is 41.2 Å². The lowest BCUT2D eigenvalue weighted by Gasteiger charge is -2.20. The summed E-state index contributed by atoms with van der Waals surface area (Å²) >= 11 is 0. The Morgan fingerprint density at radius 3 is 2.93 bits per heavy atom. The molecule has 2 N–H and O–H groups in total. The van der Waals surface area contributed by atoms with Gasteiger partial charge in [-0.25, -0.2) is 4.98 Å². The molecular weight excluding hydrogens is 340 g/mol. The summed E-state index contributed by atoms with van der Waals surface area (Å²) < 4.78 is 5.73. The van der Waals surface area contributed by atoms with Gasteiger partial charge in [-0.2, -0.15) is 0 Å². The molecule has 0 aliphatic carbocycles. The summed E-state index contributed by atoms with van der Waals surface area (Å²) in [5, 5.41) is 6.24. The van der Waals surface area contributed by atoms with Gasteiger partial charge in [-0.1, -0.05) is 24.3 Å². The summed E-state index contributed by atoms with van der Waals surface area (Å²) in [5.74, 6) is 1.56. The monoisotopic (exact) mass is 360 g/mol. The maximum absolute atomic E-state index is 12.7. The topological polar surface area (TPSA) is 76.1 Å². The first-order valence-corrected chi connectivity index (χ1v) is 8.86. The highest BCUT2D eigenvalue weighted by molar-refractivity contribution is 5.95. The van der Waals surface area contributed by atoms with E-state index in [-0.39, 0.29) is 17.9 Å². The van der Waals surface area contributed by atoms with Crippen molar-refractivity contribution in [2.24, 2.45) is 0 Å². The Morgan fingerprint density at radius 2 is 2.07 bits per heavy atom. The molecule has 27 heavy (non-hydrogen) atoms. The van der Waals surface area contributed by atoms with Crippen molar-refractivity contribution in [2.75, 3.05) is 11.9 Å². The number of fused-ring (bicyclic) bond motifs is 1. The molecule has 0 unspecified atom stereocenters. The second kappa shape index (κ2) is 7.45. The van der Waals surface area contributed by atoms with Gasteiger partial charge in [0.2, 0.25) is 0 Å². The minimum absolute atomic E-state index is 0.0437. The van der Waals surface area contributed by atoms with E-state index in [4.69, 9.17) is 4.74 Å². The average Bonchev–Trinajstić information content (AvgIpc) is 3.13. The number of para-hydroxylation sites is 1. The summed E-state index contributed by atoms with van der Waals surface area (Å²) in [6.45, 7) is 2.59. The van der Waals surface area contributed by atoms with Gasteiger partial charge in [0.15, 0.2) is 0 Å². The number of nitrogens with one attached hydrogen (secondary N) is 2. The summed E-state index contributed by atoms with van der Waals surface area (Å²) in [6, 6.07) is 15.3.